The van der Waals surface area contributed by atoms with Crippen molar-refractivity contribution in [3.63, 3.8) is 0 Å². The van der Waals surface area contributed by atoms with E-state index in [9.17, 15) is 4.79 Å². The predicted octanol–water partition coefficient (Wildman–Crippen LogP) is 4.82. The Bertz CT molecular complexity index is 1420. The minimum atomic E-state index is 0.00129. The summed E-state index contributed by atoms with van der Waals surface area (Å²) in [5.74, 6) is 2.27. The molecule has 1 aliphatic heterocycles. The summed E-state index contributed by atoms with van der Waals surface area (Å²) in [6.45, 7) is 3.53. The summed E-state index contributed by atoms with van der Waals surface area (Å²) >= 11 is 0. The molecule has 0 saturated heterocycles. The fraction of sp³-hybridized carbons (Fsp3) is 0.276. The van der Waals surface area contributed by atoms with E-state index < -0.39 is 0 Å². The smallest absolute Gasteiger partial charge is 0.336 e. The molecule has 2 aliphatic rings. The molecule has 38 heavy (non-hydrogen) atoms. The maximum atomic E-state index is 12.8. The van der Waals surface area contributed by atoms with Crippen LogP contribution in [0.1, 0.15) is 24.8 Å². The molecule has 194 valence electrons. The minimum absolute atomic E-state index is 0.00129. The predicted molar refractivity (Wildman–Crippen MR) is 141 cm³/mol. The zero-order valence-corrected chi connectivity index (χ0v) is 21.0. The van der Waals surface area contributed by atoms with Gasteiger partial charge in [-0.25, -0.2) is 4.68 Å². The van der Waals surface area contributed by atoms with Crippen LogP contribution in [0, 0.1) is 5.92 Å². The average molecular weight is 513 g/mol. The quantitative estimate of drug-likeness (QED) is 0.304. The molecule has 2 atom stereocenters. The van der Waals surface area contributed by atoms with Gasteiger partial charge in [-0.3, -0.25) is 4.79 Å². The number of benzene rings is 3. The van der Waals surface area contributed by atoms with Gasteiger partial charge in [0.15, 0.2) is 17.3 Å². The summed E-state index contributed by atoms with van der Waals surface area (Å²) in [7, 11) is 0. The van der Waals surface area contributed by atoms with Crippen LogP contribution >= 0.6 is 0 Å². The van der Waals surface area contributed by atoms with E-state index in [1.165, 1.54) is 5.56 Å². The molecule has 1 unspecified atom stereocenters. The van der Waals surface area contributed by atoms with Gasteiger partial charge in [-0.05, 0) is 67.3 Å². The lowest BCUT2D eigenvalue weighted by molar-refractivity contribution is -0.117. The van der Waals surface area contributed by atoms with E-state index in [1.54, 1.807) is 4.68 Å². The Morgan fingerprint density at radius 3 is 2.66 bits per heavy atom. The number of fused-ring (bicyclic) bond motifs is 1. The van der Waals surface area contributed by atoms with E-state index in [2.05, 4.69) is 27.5 Å². The van der Waals surface area contributed by atoms with Crippen LogP contribution in [0.25, 0.3) is 17.1 Å². The van der Waals surface area contributed by atoms with Crippen molar-refractivity contribution in [3.05, 3.63) is 78.4 Å². The van der Waals surface area contributed by atoms with Crippen LogP contribution in [0.5, 0.6) is 17.5 Å². The summed E-state index contributed by atoms with van der Waals surface area (Å²) in [5, 5.41) is 7.64. The Kier molecular flexibility index (Phi) is 6.66. The van der Waals surface area contributed by atoms with Crippen LogP contribution in [0.4, 0.5) is 5.69 Å². The van der Waals surface area contributed by atoms with Crippen molar-refractivity contribution in [2.45, 2.75) is 19.3 Å². The van der Waals surface area contributed by atoms with Crippen LogP contribution < -0.4 is 19.5 Å². The first kappa shape index (κ1) is 24.0. The summed E-state index contributed by atoms with van der Waals surface area (Å²) in [6.07, 6.45) is 0.873. The van der Waals surface area contributed by atoms with Gasteiger partial charge < -0.3 is 24.3 Å². The van der Waals surface area contributed by atoms with E-state index in [0.29, 0.717) is 37.1 Å². The molecular formula is C29H28N4O5. The number of hydrogen-bond acceptors (Lipinski definition) is 7. The van der Waals surface area contributed by atoms with E-state index in [0.717, 1.165) is 23.4 Å². The van der Waals surface area contributed by atoms with Gasteiger partial charge in [-0.2, -0.15) is 4.98 Å². The third-order valence-corrected chi connectivity index (χ3v) is 6.62. The van der Waals surface area contributed by atoms with Gasteiger partial charge in [0.25, 0.3) is 0 Å². The Balaban J connectivity index is 1.20. The fourth-order valence-corrected chi connectivity index (χ4v) is 4.57. The van der Waals surface area contributed by atoms with E-state index in [1.807, 2.05) is 67.6 Å². The number of rotatable bonds is 10. The third kappa shape index (κ3) is 5.05. The molecule has 1 saturated carbocycles. The molecule has 1 amide bonds. The maximum Gasteiger partial charge on any atom is 0.336 e. The second-order valence-corrected chi connectivity index (χ2v) is 9.14. The molecule has 4 aromatic rings. The highest BCUT2D eigenvalue weighted by Gasteiger charge is 2.43. The van der Waals surface area contributed by atoms with Gasteiger partial charge in [0, 0.05) is 23.8 Å². The Labute approximate surface area is 220 Å². The minimum Gasteiger partial charge on any atom is -0.460 e. The molecule has 9 heteroatoms. The number of nitrogens with zero attached hydrogens (tertiary/aromatic N) is 3. The Morgan fingerprint density at radius 2 is 1.84 bits per heavy atom. The van der Waals surface area contributed by atoms with Crippen LogP contribution in [0.2, 0.25) is 0 Å². The molecule has 0 spiro atoms. The van der Waals surface area contributed by atoms with Crippen LogP contribution in [0.3, 0.4) is 0 Å². The van der Waals surface area contributed by atoms with Gasteiger partial charge in [0.1, 0.15) is 6.61 Å². The molecule has 0 radical (unpaired) electrons. The largest absolute Gasteiger partial charge is 0.460 e. The summed E-state index contributed by atoms with van der Waals surface area (Å²) in [4.78, 5) is 17.4. The van der Waals surface area contributed by atoms with Crippen molar-refractivity contribution in [1.29, 1.82) is 0 Å². The molecule has 6 rings (SSSR count). The number of carbonyl (C=O) groups is 1. The van der Waals surface area contributed by atoms with Gasteiger partial charge in [0.2, 0.25) is 12.7 Å². The first-order chi connectivity index (χ1) is 18.7. The molecule has 1 N–H and O–H groups in total. The van der Waals surface area contributed by atoms with Crippen LogP contribution in [0.15, 0.2) is 72.8 Å². The molecule has 9 nitrogen and oxygen atoms in total. The lowest BCUT2D eigenvalue weighted by atomic mass is 10.1. The van der Waals surface area contributed by atoms with Crippen LogP contribution in [-0.2, 0) is 9.53 Å². The number of hydrogen-bond donors (Lipinski definition) is 1. The van der Waals surface area contributed by atoms with E-state index in [-0.39, 0.29) is 30.5 Å². The molecule has 0 bridgehead atoms. The molecular weight excluding hydrogens is 484 g/mol. The highest BCUT2D eigenvalue weighted by atomic mass is 16.7. The molecule has 3 aromatic carbocycles. The number of anilines is 1. The maximum absolute atomic E-state index is 12.8. The zero-order valence-electron chi connectivity index (χ0n) is 21.0. The molecule has 2 heterocycles. The summed E-state index contributed by atoms with van der Waals surface area (Å²) in [5.41, 5.74) is 3.52. The number of ether oxygens (including phenoxy) is 4. The second-order valence-electron chi connectivity index (χ2n) is 9.14. The number of amides is 1. The van der Waals surface area contributed by atoms with Crippen molar-refractivity contribution >= 4 is 11.6 Å². The zero-order chi connectivity index (χ0) is 25.9. The Hall–Kier alpha value is -4.37. The van der Waals surface area contributed by atoms with Gasteiger partial charge in [-0.1, -0.05) is 30.3 Å². The SMILES string of the molecule is CCOCCOc1nc(-c2ccc3c(c2)OCO3)n(-c2ccc(NC(=O)C3C[C@H]3c3ccccc3)cc2)n1. The molecule has 1 aromatic heterocycles. The second kappa shape index (κ2) is 10.5. The molecule has 1 aliphatic carbocycles. The van der Waals surface area contributed by atoms with E-state index >= 15 is 0 Å². The highest BCUT2D eigenvalue weighted by Crippen LogP contribution is 2.48. The van der Waals surface area contributed by atoms with Gasteiger partial charge >= 0.3 is 6.01 Å². The lowest BCUT2D eigenvalue weighted by Gasteiger charge is -2.09. The van der Waals surface area contributed by atoms with Crippen molar-refractivity contribution < 1.29 is 23.7 Å². The third-order valence-electron chi connectivity index (χ3n) is 6.62. The number of nitrogens with one attached hydrogen (secondary N) is 1. The van der Waals surface area contributed by atoms with Crippen molar-refractivity contribution in [1.82, 2.24) is 14.8 Å². The molecule has 1 fully saturated rings. The van der Waals surface area contributed by atoms with Crippen molar-refractivity contribution in [3.8, 4) is 34.6 Å². The summed E-state index contributed by atoms with van der Waals surface area (Å²) < 4.78 is 23.8. The topological polar surface area (TPSA) is 96.7 Å². The highest BCUT2D eigenvalue weighted by molar-refractivity contribution is 5.95. The standard InChI is InChI=1S/C29H28N4O5/c1-2-35-14-15-36-29-31-27(20-8-13-25-26(16-20)38-18-37-25)33(32-29)22-11-9-21(10-12-22)30-28(34)24-17-23(24)19-6-4-3-5-7-19/h3-13,16,23-24H,2,14-15,17-18H2,1H3,(H,30,34)/t23-,24?/m0/s1. The fourth-order valence-electron chi connectivity index (χ4n) is 4.57. The normalized spacial score (nSPS) is 17.3. The van der Waals surface area contributed by atoms with Crippen LogP contribution in [-0.4, -0.2) is 47.3 Å². The number of aromatic nitrogens is 3. The average Bonchev–Trinajstić information content (AvgIpc) is 3.43. The summed E-state index contributed by atoms with van der Waals surface area (Å²) in [6, 6.07) is 23.6. The first-order valence-electron chi connectivity index (χ1n) is 12.7. The van der Waals surface area contributed by atoms with Gasteiger partial charge in [-0.15, -0.1) is 5.10 Å². The van der Waals surface area contributed by atoms with Crippen molar-refractivity contribution in [2.24, 2.45) is 5.92 Å². The lowest BCUT2D eigenvalue weighted by Crippen LogP contribution is -2.14. The van der Waals surface area contributed by atoms with Gasteiger partial charge in [0.05, 0.1) is 12.3 Å². The first-order valence-corrected chi connectivity index (χ1v) is 12.7. The Morgan fingerprint density at radius 1 is 1.03 bits per heavy atom. The number of carbonyl (C=O) groups excluding carboxylic acids is 1. The van der Waals surface area contributed by atoms with Crippen molar-refractivity contribution in [2.75, 3.05) is 31.9 Å². The van der Waals surface area contributed by atoms with E-state index in [4.69, 9.17) is 18.9 Å². The monoisotopic (exact) mass is 512 g/mol.